The number of aliphatic hydroxyl groups excluding tert-OH is 1. The van der Waals surface area contributed by atoms with Gasteiger partial charge in [0.2, 0.25) is 0 Å². The van der Waals surface area contributed by atoms with Gasteiger partial charge in [-0.25, -0.2) is 0 Å². The molecule has 1 rings (SSSR count). The summed E-state index contributed by atoms with van der Waals surface area (Å²) >= 11 is 0. The van der Waals surface area contributed by atoms with Crippen LogP contribution in [0.5, 0.6) is 0 Å². The van der Waals surface area contributed by atoms with E-state index in [0.29, 0.717) is 19.2 Å². The lowest BCUT2D eigenvalue weighted by atomic mass is 10.0. The molecule has 0 saturated heterocycles. The number of aliphatic hydroxyl groups is 1. The van der Waals surface area contributed by atoms with Crippen LogP contribution in [0.25, 0.3) is 0 Å². The van der Waals surface area contributed by atoms with Gasteiger partial charge in [0, 0.05) is 19.7 Å². The quantitative estimate of drug-likeness (QED) is 0.762. The first-order valence-electron chi connectivity index (χ1n) is 6.15. The Morgan fingerprint density at radius 3 is 2.65 bits per heavy atom. The van der Waals surface area contributed by atoms with E-state index in [1.54, 1.807) is 7.11 Å². The fourth-order valence-corrected chi connectivity index (χ4v) is 1.87. The summed E-state index contributed by atoms with van der Waals surface area (Å²) in [4.78, 5) is 0. The molecule has 0 bridgehead atoms. The normalized spacial score (nSPS) is 14.6. The second-order valence-electron chi connectivity index (χ2n) is 4.34. The van der Waals surface area contributed by atoms with Crippen LogP contribution in [0.15, 0.2) is 24.3 Å². The van der Waals surface area contributed by atoms with Gasteiger partial charge in [-0.3, -0.25) is 0 Å². The number of hydrogen-bond acceptors (Lipinski definition) is 3. The van der Waals surface area contributed by atoms with E-state index in [0.717, 1.165) is 17.5 Å². The van der Waals surface area contributed by atoms with Crippen LogP contribution in [-0.2, 0) is 4.74 Å². The van der Waals surface area contributed by atoms with Crippen LogP contribution < -0.4 is 5.32 Å². The first kappa shape index (κ1) is 14.2. The van der Waals surface area contributed by atoms with Gasteiger partial charge in [-0.1, -0.05) is 31.2 Å². The minimum Gasteiger partial charge on any atom is -0.387 e. The van der Waals surface area contributed by atoms with Gasteiger partial charge >= 0.3 is 0 Å². The van der Waals surface area contributed by atoms with Crippen LogP contribution in [0, 0.1) is 6.92 Å². The number of hydrogen-bond donors (Lipinski definition) is 2. The first-order chi connectivity index (χ1) is 8.19. The van der Waals surface area contributed by atoms with E-state index in [-0.39, 0.29) is 0 Å². The van der Waals surface area contributed by atoms with Crippen molar-refractivity contribution in [1.29, 1.82) is 0 Å². The molecule has 0 heterocycles. The summed E-state index contributed by atoms with van der Waals surface area (Å²) in [5.41, 5.74) is 2.12. The topological polar surface area (TPSA) is 41.5 Å². The standard InChI is InChI=1S/C14H23NO2/c1-4-12(10-17-3)15-9-14(16)13-8-6-5-7-11(13)2/h5-8,12,14-16H,4,9-10H2,1-3H3/t12-,14+/m1/s1. The van der Waals surface area contributed by atoms with Crippen LogP contribution >= 0.6 is 0 Å². The van der Waals surface area contributed by atoms with Crippen LogP contribution in [0.1, 0.15) is 30.6 Å². The van der Waals surface area contributed by atoms with Gasteiger partial charge in [0.25, 0.3) is 0 Å². The Morgan fingerprint density at radius 2 is 2.06 bits per heavy atom. The molecule has 0 radical (unpaired) electrons. The van der Waals surface area contributed by atoms with Crippen LogP contribution in [-0.4, -0.2) is 31.4 Å². The van der Waals surface area contributed by atoms with Crippen molar-refractivity contribution in [3.05, 3.63) is 35.4 Å². The second kappa shape index (κ2) is 7.43. The third kappa shape index (κ3) is 4.46. The Kier molecular flexibility index (Phi) is 6.19. The third-order valence-corrected chi connectivity index (χ3v) is 3.01. The van der Waals surface area contributed by atoms with Crippen LogP contribution in [0.4, 0.5) is 0 Å². The van der Waals surface area contributed by atoms with Crippen molar-refractivity contribution in [1.82, 2.24) is 5.32 Å². The molecule has 3 heteroatoms. The molecule has 3 nitrogen and oxygen atoms in total. The van der Waals surface area contributed by atoms with Crippen LogP contribution in [0.3, 0.4) is 0 Å². The maximum atomic E-state index is 10.1. The lowest BCUT2D eigenvalue weighted by molar-refractivity contribution is 0.137. The largest absolute Gasteiger partial charge is 0.387 e. The van der Waals surface area contributed by atoms with Crippen LogP contribution in [0.2, 0.25) is 0 Å². The number of ether oxygens (including phenoxy) is 1. The molecule has 2 atom stereocenters. The molecule has 0 amide bonds. The summed E-state index contributed by atoms with van der Waals surface area (Å²) in [6, 6.07) is 8.24. The van der Waals surface area contributed by atoms with Gasteiger partial charge in [0.05, 0.1) is 12.7 Å². The van der Waals surface area contributed by atoms with E-state index < -0.39 is 6.10 Å². The first-order valence-corrected chi connectivity index (χ1v) is 6.15. The van der Waals surface area contributed by atoms with Crippen molar-refractivity contribution in [3.8, 4) is 0 Å². The van der Waals surface area contributed by atoms with Gasteiger partial charge in [0.15, 0.2) is 0 Å². The molecule has 1 aromatic carbocycles. The zero-order valence-electron chi connectivity index (χ0n) is 10.9. The highest BCUT2D eigenvalue weighted by Gasteiger charge is 2.12. The van der Waals surface area contributed by atoms with Gasteiger partial charge in [-0.05, 0) is 24.5 Å². The Balaban J connectivity index is 2.49. The number of aryl methyl sites for hydroxylation is 1. The van der Waals surface area contributed by atoms with Crippen molar-refractivity contribution >= 4 is 0 Å². The fraction of sp³-hybridized carbons (Fsp3) is 0.571. The minimum atomic E-state index is -0.456. The highest BCUT2D eigenvalue weighted by atomic mass is 16.5. The number of benzene rings is 1. The third-order valence-electron chi connectivity index (χ3n) is 3.01. The van der Waals surface area contributed by atoms with Crippen molar-refractivity contribution in [2.75, 3.05) is 20.3 Å². The molecular formula is C14H23NO2. The Labute approximate surface area is 104 Å². The van der Waals surface area contributed by atoms with E-state index in [1.807, 2.05) is 31.2 Å². The summed E-state index contributed by atoms with van der Waals surface area (Å²) < 4.78 is 5.11. The van der Waals surface area contributed by atoms with Gasteiger partial charge in [0.1, 0.15) is 0 Å². The highest BCUT2D eigenvalue weighted by molar-refractivity contribution is 5.27. The zero-order chi connectivity index (χ0) is 12.7. The molecule has 0 aliphatic rings. The van der Waals surface area contributed by atoms with Gasteiger partial charge in [-0.15, -0.1) is 0 Å². The molecular weight excluding hydrogens is 214 g/mol. The molecule has 0 fully saturated rings. The molecule has 0 spiro atoms. The molecule has 0 saturated carbocycles. The van der Waals surface area contributed by atoms with Gasteiger partial charge in [-0.2, -0.15) is 0 Å². The van der Waals surface area contributed by atoms with Crippen molar-refractivity contribution in [3.63, 3.8) is 0 Å². The van der Waals surface area contributed by atoms with Gasteiger partial charge < -0.3 is 15.2 Å². The highest BCUT2D eigenvalue weighted by Crippen LogP contribution is 2.16. The summed E-state index contributed by atoms with van der Waals surface area (Å²) in [5, 5.41) is 13.4. The molecule has 0 aromatic heterocycles. The monoisotopic (exact) mass is 237 g/mol. The van der Waals surface area contributed by atoms with E-state index in [1.165, 1.54) is 0 Å². The summed E-state index contributed by atoms with van der Waals surface area (Å²) in [6.07, 6.45) is 0.538. The van der Waals surface area contributed by atoms with Crippen molar-refractivity contribution < 1.29 is 9.84 Å². The summed E-state index contributed by atoms with van der Waals surface area (Å²) in [7, 11) is 1.70. The molecule has 0 unspecified atom stereocenters. The fourth-order valence-electron chi connectivity index (χ4n) is 1.87. The molecule has 0 aliphatic heterocycles. The minimum absolute atomic E-state index is 0.304. The molecule has 2 N–H and O–H groups in total. The second-order valence-corrected chi connectivity index (χ2v) is 4.34. The molecule has 1 aromatic rings. The summed E-state index contributed by atoms with van der Waals surface area (Å²) in [5.74, 6) is 0. The molecule has 17 heavy (non-hydrogen) atoms. The maximum absolute atomic E-state index is 10.1. The zero-order valence-corrected chi connectivity index (χ0v) is 10.9. The number of rotatable bonds is 7. The smallest absolute Gasteiger partial charge is 0.0917 e. The summed E-state index contributed by atoms with van der Waals surface area (Å²) in [6.45, 7) is 5.37. The predicted octanol–water partition coefficient (Wildman–Crippen LogP) is 2.04. The Morgan fingerprint density at radius 1 is 1.35 bits per heavy atom. The lowest BCUT2D eigenvalue weighted by Crippen LogP contribution is -2.35. The SMILES string of the molecule is CC[C@H](COC)NC[C@H](O)c1ccccc1C. The predicted molar refractivity (Wildman–Crippen MR) is 70.1 cm³/mol. The van der Waals surface area contributed by atoms with E-state index >= 15 is 0 Å². The van der Waals surface area contributed by atoms with E-state index in [9.17, 15) is 5.11 Å². The number of methoxy groups -OCH3 is 1. The van der Waals surface area contributed by atoms with E-state index in [4.69, 9.17) is 4.74 Å². The van der Waals surface area contributed by atoms with Crippen molar-refractivity contribution in [2.24, 2.45) is 0 Å². The maximum Gasteiger partial charge on any atom is 0.0917 e. The average molecular weight is 237 g/mol. The Hall–Kier alpha value is -0.900. The molecule has 0 aliphatic carbocycles. The Bertz CT molecular complexity index is 328. The average Bonchev–Trinajstić information content (AvgIpc) is 2.34. The van der Waals surface area contributed by atoms with Crippen molar-refractivity contribution in [2.45, 2.75) is 32.4 Å². The number of nitrogens with one attached hydrogen (secondary N) is 1. The van der Waals surface area contributed by atoms with E-state index in [2.05, 4.69) is 12.2 Å². The lowest BCUT2D eigenvalue weighted by Gasteiger charge is -2.19. The molecule has 96 valence electrons.